The van der Waals surface area contributed by atoms with Crippen molar-refractivity contribution in [2.75, 3.05) is 6.61 Å². The third kappa shape index (κ3) is 4.03. The van der Waals surface area contributed by atoms with Crippen molar-refractivity contribution >= 4 is 0 Å². The predicted octanol–water partition coefficient (Wildman–Crippen LogP) is 5.57. The number of aliphatic hydroxyl groups excluding tert-OH is 1. The fourth-order valence-corrected chi connectivity index (χ4v) is 5.14. The molecule has 1 fully saturated rings. The fourth-order valence-electron chi connectivity index (χ4n) is 5.14. The van der Waals surface area contributed by atoms with Crippen molar-refractivity contribution in [1.82, 2.24) is 0 Å². The number of hydrogen-bond acceptors (Lipinski definition) is 3. The molecular weight excluding hydrogens is 324 g/mol. The smallest absolute Gasteiger partial charge is 0.127 e. The molecule has 0 aromatic heterocycles. The number of aromatic hydroxyl groups is 1. The first-order chi connectivity index (χ1) is 12.5. The van der Waals surface area contributed by atoms with Crippen molar-refractivity contribution in [3.8, 4) is 11.5 Å². The largest absolute Gasteiger partial charge is 0.508 e. The van der Waals surface area contributed by atoms with Gasteiger partial charge in [0.25, 0.3) is 0 Å². The quantitative estimate of drug-likeness (QED) is 0.625. The summed E-state index contributed by atoms with van der Waals surface area (Å²) in [7, 11) is 0. The number of aryl methyl sites for hydroxylation is 1. The molecule has 3 heteroatoms. The van der Waals surface area contributed by atoms with Gasteiger partial charge in [-0.15, -0.1) is 0 Å². The second-order valence-electron chi connectivity index (χ2n) is 8.97. The molecule has 1 aliphatic heterocycles. The summed E-state index contributed by atoms with van der Waals surface area (Å²) < 4.78 is 6.40. The number of aliphatic hydroxyl groups is 1. The average Bonchev–Trinajstić information content (AvgIpc) is 2.60. The Morgan fingerprint density at radius 3 is 2.62 bits per heavy atom. The Balaban J connectivity index is 1.80. The van der Waals surface area contributed by atoms with Gasteiger partial charge in [0, 0.05) is 18.1 Å². The van der Waals surface area contributed by atoms with Crippen LogP contribution in [0.2, 0.25) is 0 Å². The molecule has 1 aromatic rings. The van der Waals surface area contributed by atoms with Gasteiger partial charge in [0.1, 0.15) is 17.1 Å². The first-order valence-electron chi connectivity index (χ1n) is 10.6. The Morgan fingerprint density at radius 1 is 1.12 bits per heavy atom. The van der Waals surface area contributed by atoms with Crippen LogP contribution >= 0.6 is 0 Å². The van der Waals surface area contributed by atoms with Crippen molar-refractivity contribution in [1.29, 1.82) is 0 Å². The standard InChI is InChI=1S/C23H36O3/c1-4-5-6-7-8-9-16-13-20(25)22-18-12-17(15-24)10-11-19(18)23(2,3)26-21(22)14-16/h13-14,17-19,24-25H,4-12,15H2,1-3H3. The number of phenolic OH excluding ortho intramolecular Hbond substituents is 1. The summed E-state index contributed by atoms with van der Waals surface area (Å²) in [6.45, 7) is 6.85. The number of phenols is 1. The highest BCUT2D eigenvalue weighted by molar-refractivity contribution is 5.52. The van der Waals surface area contributed by atoms with Gasteiger partial charge in [0.15, 0.2) is 0 Å². The lowest BCUT2D eigenvalue weighted by atomic mass is 9.64. The number of hydrogen-bond donors (Lipinski definition) is 2. The van der Waals surface area contributed by atoms with Crippen molar-refractivity contribution < 1.29 is 14.9 Å². The molecule has 1 aromatic carbocycles. The molecule has 0 amide bonds. The summed E-state index contributed by atoms with van der Waals surface area (Å²) in [6, 6.07) is 4.12. The van der Waals surface area contributed by atoms with Gasteiger partial charge < -0.3 is 14.9 Å². The van der Waals surface area contributed by atoms with Crippen LogP contribution in [0.1, 0.15) is 89.2 Å². The number of unbranched alkanes of at least 4 members (excludes halogenated alkanes) is 4. The Kier molecular flexibility index (Phi) is 6.17. The predicted molar refractivity (Wildman–Crippen MR) is 106 cm³/mol. The zero-order valence-corrected chi connectivity index (χ0v) is 16.8. The van der Waals surface area contributed by atoms with Gasteiger partial charge in [-0.3, -0.25) is 0 Å². The Morgan fingerprint density at radius 2 is 1.88 bits per heavy atom. The van der Waals surface area contributed by atoms with E-state index in [-0.39, 0.29) is 12.2 Å². The Bertz CT molecular complexity index is 608. The molecule has 0 radical (unpaired) electrons. The van der Waals surface area contributed by atoms with Crippen molar-refractivity contribution in [2.45, 2.75) is 90.1 Å². The molecule has 146 valence electrons. The van der Waals surface area contributed by atoms with E-state index in [2.05, 4.69) is 26.8 Å². The van der Waals surface area contributed by atoms with E-state index >= 15 is 0 Å². The van der Waals surface area contributed by atoms with Crippen LogP contribution in [0, 0.1) is 11.8 Å². The van der Waals surface area contributed by atoms with Crippen LogP contribution < -0.4 is 4.74 Å². The molecule has 3 atom stereocenters. The van der Waals surface area contributed by atoms with Crippen LogP contribution in [0.15, 0.2) is 12.1 Å². The zero-order valence-electron chi connectivity index (χ0n) is 16.8. The molecule has 3 unspecified atom stereocenters. The van der Waals surface area contributed by atoms with Gasteiger partial charge in [-0.2, -0.15) is 0 Å². The monoisotopic (exact) mass is 360 g/mol. The maximum Gasteiger partial charge on any atom is 0.127 e. The van der Waals surface area contributed by atoms with Crippen LogP contribution in [0.4, 0.5) is 0 Å². The van der Waals surface area contributed by atoms with E-state index in [0.29, 0.717) is 23.5 Å². The minimum Gasteiger partial charge on any atom is -0.508 e. The van der Waals surface area contributed by atoms with Crippen LogP contribution in [0.5, 0.6) is 11.5 Å². The highest BCUT2D eigenvalue weighted by Gasteiger charge is 2.47. The molecule has 26 heavy (non-hydrogen) atoms. The van der Waals surface area contributed by atoms with E-state index in [1.807, 2.05) is 6.07 Å². The summed E-state index contributed by atoms with van der Waals surface area (Å²) in [5.41, 5.74) is 1.95. The van der Waals surface area contributed by atoms with Gasteiger partial charge in [-0.05, 0) is 75.5 Å². The topological polar surface area (TPSA) is 49.7 Å². The lowest BCUT2D eigenvalue weighted by Crippen LogP contribution is -2.47. The highest BCUT2D eigenvalue weighted by Crippen LogP contribution is 2.55. The molecule has 1 heterocycles. The minimum atomic E-state index is -0.218. The molecule has 2 aliphatic rings. The normalized spacial score (nSPS) is 26.7. The fraction of sp³-hybridized carbons (Fsp3) is 0.739. The first-order valence-corrected chi connectivity index (χ1v) is 10.6. The van der Waals surface area contributed by atoms with E-state index < -0.39 is 0 Å². The third-order valence-corrected chi connectivity index (χ3v) is 6.60. The lowest BCUT2D eigenvalue weighted by Gasteiger charge is -2.49. The van der Waals surface area contributed by atoms with Crippen molar-refractivity contribution in [2.24, 2.45) is 11.8 Å². The summed E-state index contributed by atoms with van der Waals surface area (Å²) in [6.07, 6.45) is 10.3. The van der Waals surface area contributed by atoms with Crippen LogP contribution in [-0.2, 0) is 6.42 Å². The summed E-state index contributed by atoms with van der Waals surface area (Å²) >= 11 is 0. The first kappa shape index (κ1) is 19.5. The molecule has 0 spiro atoms. The highest BCUT2D eigenvalue weighted by atomic mass is 16.5. The van der Waals surface area contributed by atoms with E-state index in [1.165, 1.54) is 37.7 Å². The molecule has 1 aliphatic carbocycles. The molecule has 0 saturated heterocycles. The summed E-state index contributed by atoms with van der Waals surface area (Å²) in [5, 5.41) is 20.4. The van der Waals surface area contributed by atoms with Crippen LogP contribution in [-0.4, -0.2) is 22.4 Å². The van der Waals surface area contributed by atoms with E-state index in [1.54, 1.807) is 0 Å². The van der Waals surface area contributed by atoms with Gasteiger partial charge in [-0.25, -0.2) is 0 Å². The maximum atomic E-state index is 10.8. The molecule has 1 saturated carbocycles. The molecule has 0 bridgehead atoms. The SMILES string of the molecule is CCCCCCCc1cc(O)c2c(c1)OC(C)(C)C1CCC(CO)CC21. The third-order valence-electron chi connectivity index (χ3n) is 6.60. The van der Waals surface area contributed by atoms with Gasteiger partial charge in [-0.1, -0.05) is 32.6 Å². The van der Waals surface area contributed by atoms with Gasteiger partial charge in [0.05, 0.1) is 0 Å². The van der Waals surface area contributed by atoms with Crippen molar-refractivity contribution in [3.05, 3.63) is 23.3 Å². The number of fused-ring (bicyclic) bond motifs is 3. The van der Waals surface area contributed by atoms with E-state index in [4.69, 9.17) is 4.74 Å². The number of benzene rings is 1. The second kappa shape index (κ2) is 8.21. The van der Waals surface area contributed by atoms with Crippen LogP contribution in [0.3, 0.4) is 0 Å². The molecule has 3 rings (SSSR count). The molecule has 2 N–H and O–H groups in total. The number of ether oxygens (including phenoxy) is 1. The maximum absolute atomic E-state index is 10.8. The van der Waals surface area contributed by atoms with Gasteiger partial charge in [0.2, 0.25) is 0 Å². The Hall–Kier alpha value is -1.22. The Labute approximate surface area is 158 Å². The van der Waals surface area contributed by atoms with Crippen LogP contribution in [0.25, 0.3) is 0 Å². The van der Waals surface area contributed by atoms with Crippen molar-refractivity contribution in [3.63, 3.8) is 0 Å². The summed E-state index contributed by atoms with van der Waals surface area (Å²) in [5.74, 6) is 2.31. The second-order valence-corrected chi connectivity index (χ2v) is 8.97. The van der Waals surface area contributed by atoms with Gasteiger partial charge >= 0.3 is 0 Å². The summed E-state index contributed by atoms with van der Waals surface area (Å²) in [4.78, 5) is 0. The molecule has 3 nitrogen and oxygen atoms in total. The number of rotatable bonds is 7. The zero-order chi connectivity index (χ0) is 18.7. The lowest BCUT2D eigenvalue weighted by molar-refractivity contribution is -0.0210. The average molecular weight is 361 g/mol. The van der Waals surface area contributed by atoms with E-state index in [0.717, 1.165) is 37.0 Å². The molecular formula is C23H36O3. The van der Waals surface area contributed by atoms with E-state index in [9.17, 15) is 10.2 Å². The minimum absolute atomic E-state index is 0.218.